The van der Waals surface area contributed by atoms with Crippen LogP contribution in [0.5, 0.6) is 0 Å². The van der Waals surface area contributed by atoms with Crippen LogP contribution in [0.2, 0.25) is 0 Å². The topological polar surface area (TPSA) is 59.0 Å². The quantitative estimate of drug-likeness (QED) is 0.856. The molecule has 6 heteroatoms. The summed E-state index contributed by atoms with van der Waals surface area (Å²) in [6, 6.07) is 18.4. The largest absolute Gasteiger partial charge is 0.379 e. The number of hydrogen-bond acceptors (Lipinski definition) is 3. The standard InChI is InChI=1S/C18H20N2O3S/c21-18(15-16-7-3-1-4-8-16)19-24(22,17-9-5-2-6-10-17)20-11-13-23-14-12-20/h1-10H,11-15H2. The van der Waals surface area contributed by atoms with Gasteiger partial charge in [-0.1, -0.05) is 48.5 Å². The van der Waals surface area contributed by atoms with Crippen molar-refractivity contribution >= 4 is 15.8 Å². The fourth-order valence-electron chi connectivity index (χ4n) is 2.59. The molecule has 0 radical (unpaired) electrons. The van der Waals surface area contributed by atoms with Gasteiger partial charge < -0.3 is 4.74 Å². The Kier molecular flexibility index (Phi) is 5.40. The van der Waals surface area contributed by atoms with Gasteiger partial charge in [-0.15, -0.1) is 4.36 Å². The number of hydrogen-bond donors (Lipinski definition) is 0. The van der Waals surface area contributed by atoms with Crippen molar-refractivity contribution in [1.82, 2.24) is 4.31 Å². The average Bonchev–Trinajstić information content (AvgIpc) is 2.64. The summed E-state index contributed by atoms with van der Waals surface area (Å²) in [5, 5.41) is 0. The number of amides is 1. The minimum atomic E-state index is -2.96. The van der Waals surface area contributed by atoms with E-state index >= 15 is 0 Å². The van der Waals surface area contributed by atoms with E-state index in [2.05, 4.69) is 4.36 Å². The second-order valence-electron chi connectivity index (χ2n) is 5.50. The SMILES string of the molecule is O=C(Cc1ccccc1)N=S(=O)(c1ccccc1)N1CCOCC1. The normalized spacial score (nSPS) is 17.8. The lowest BCUT2D eigenvalue weighted by atomic mass is 10.1. The van der Waals surface area contributed by atoms with E-state index in [4.69, 9.17) is 4.74 Å². The summed E-state index contributed by atoms with van der Waals surface area (Å²) in [7, 11) is -2.96. The lowest BCUT2D eigenvalue weighted by Crippen LogP contribution is -2.40. The zero-order valence-electron chi connectivity index (χ0n) is 13.3. The Labute approximate surface area is 142 Å². The van der Waals surface area contributed by atoms with Gasteiger partial charge in [-0.3, -0.25) is 4.79 Å². The first-order valence-electron chi connectivity index (χ1n) is 7.90. The van der Waals surface area contributed by atoms with Gasteiger partial charge in [0.25, 0.3) is 5.91 Å². The monoisotopic (exact) mass is 344 g/mol. The highest BCUT2D eigenvalue weighted by atomic mass is 32.2. The summed E-state index contributed by atoms with van der Waals surface area (Å²) in [4.78, 5) is 13.0. The smallest absolute Gasteiger partial charge is 0.259 e. The molecule has 2 aromatic rings. The van der Waals surface area contributed by atoms with Crippen LogP contribution in [-0.2, 0) is 25.9 Å². The highest BCUT2D eigenvalue weighted by molar-refractivity contribution is 7.91. The van der Waals surface area contributed by atoms with Crippen molar-refractivity contribution < 1.29 is 13.7 Å². The summed E-state index contributed by atoms with van der Waals surface area (Å²) < 4.78 is 24.9. The van der Waals surface area contributed by atoms with Crippen LogP contribution in [0.4, 0.5) is 0 Å². The molecule has 3 rings (SSSR count). The molecule has 0 bridgehead atoms. The molecule has 1 amide bonds. The number of benzene rings is 2. The van der Waals surface area contributed by atoms with Crippen molar-refractivity contribution in [1.29, 1.82) is 0 Å². The molecular weight excluding hydrogens is 324 g/mol. The van der Waals surface area contributed by atoms with Crippen LogP contribution in [-0.4, -0.2) is 40.7 Å². The Hall–Kier alpha value is -2.02. The van der Waals surface area contributed by atoms with E-state index < -0.39 is 9.92 Å². The molecule has 2 aromatic carbocycles. The molecule has 1 unspecified atom stereocenters. The van der Waals surface area contributed by atoms with Crippen molar-refractivity contribution in [3.8, 4) is 0 Å². The Morgan fingerprint density at radius 1 is 1.00 bits per heavy atom. The average molecular weight is 344 g/mol. The van der Waals surface area contributed by atoms with E-state index in [1.54, 1.807) is 16.4 Å². The molecule has 1 aliphatic heterocycles. The number of carbonyl (C=O) groups excluding carboxylic acids is 1. The van der Waals surface area contributed by atoms with Gasteiger partial charge in [-0.05, 0) is 17.7 Å². The molecule has 0 aliphatic carbocycles. The Balaban J connectivity index is 1.94. The van der Waals surface area contributed by atoms with Gasteiger partial charge in [-0.25, -0.2) is 8.51 Å². The predicted molar refractivity (Wildman–Crippen MR) is 92.8 cm³/mol. The number of nitrogens with zero attached hydrogens (tertiary/aromatic N) is 2. The van der Waals surface area contributed by atoms with Crippen LogP contribution in [0.15, 0.2) is 69.9 Å². The maximum atomic E-state index is 13.6. The van der Waals surface area contributed by atoms with Gasteiger partial charge in [0.05, 0.1) is 24.5 Å². The lowest BCUT2D eigenvalue weighted by molar-refractivity contribution is -0.117. The maximum Gasteiger partial charge on any atom is 0.259 e. The van der Waals surface area contributed by atoms with Gasteiger partial charge in [-0.2, -0.15) is 0 Å². The molecule has 0 spiro atoms. The highest BCUT2D eigenvalue weighted by Gasteiger charge is 2.26. The first-order valence-corrected chi connectivity index (χ1v) is 9.37. The molecule has 0 N–H and O–H groups in total. The van der Waals surface area contributed by atoms with Gasteiger partial charge in [0.2, 0.25) is 0 Å². The third-order valence-electron chi connectivity index (χ3n) is 3.79. The van der Waals surface area contributed by atoms with Crippen molar-refractivity contribution in [3.63, 3.8) is 0 Å². The molecule has 1 atom stereocenters. The second-order valence-corrected chi connectivity index (χ2v) is 7.66. The van der Waals surface area contributed by atoms with Crippen LogP contribution in [0.3, 0.4) is 0 Å². The molecule has 1 aliphatic rings. The number of ether oxygens (including phenoxy) is 1. The van der Waals surface area contributed by atoms with E-state index in [9.17, 15) is 9.00 Å². The van der Waals surface area contributed by atoms with E-state index in [1.165, 1.54) is 0 Å². The molecule has 0 aromatic heterocycles. The lowest BCUT2D eigenvalue weighted by Gasteiger charge is -2.29. The van der Waals surface area contributed by atoms with Gasteiger partial charge in [0, 0.05) is 13.1 Å². The minimum absolute atomic E-state index is 0.148. The fraction of sp³-hybridized carbons (Fsp3) is 0.278. The second kappa shape index (κ2) is 7.70. The molecule has 1 saturated heterocycles. The number of carbonyl (C=O) groups is 1. The van der Waals surface area contributed by atoms with Crippen molar-refractivity contribution in [3.05, 3.63) is 66.2 Å². The molecule has 126 valence electrons. The molecule has 5 nitrogen and oxygen atoms in total. The highest BCUT2D eigenvalue weighted by Crippen LogP contribution is 2.20. The summed E-state index contributed by atoms with van der Waals surface area (Å²) in [5.74, 6) is -0.374. The Morgan fingerprint density at radius 3 is 2.21 bits per heavy atom. The molecule has 1 heterocycles. The zero-order chi connectivity index (χ0) is 16.8. The van der Waals surface area contributed by atoms with E-state index in [1.807, 2.05) is 48.5 Å². The van der Waals surface area contributed by atoms with E-state index in [-0.39, 0.29) is 12.3 Å². The van der Waals surface area contributed by atoms with E-state index in [0.29, 0.717) is 31.2 Å². The first kappa shape index (κ1) is 16.8. The maximum absolute atomic E-state index is 13.6. The molecule has 0 saturated carbocycles. The fourth-order valence-corrected chi connectivity index (χ4v) is 4.61. The van der Waals surface area contributed by atoms with Crippen LogP contribution in [0.1, 0.15) is 5.56 Å². The minimum Gasteiger partial charge on any atom is -0.379 e. The summed E-state index contributed by atoms with van der Waals surface area (Å²) in [6.07, 6.45) is 0.148. The summed E-state index contributed by atoms with van der Waals surface area (Å²) >= 11 is 0. The van der Waals surface area contributed by atoms with E-state index in [0.717, 1.165) is 5.56 Å². The third kappa shape index (κ3) is 3.90. The third-order valence-corrected chi connectivity index (χ3v) is 6.20. The zero-order valence-corrected chi connectivity index (χ0v) is 14.2. The van der Waals surface area contributed by atoms with Crippen molar-refractivity contribution in [2.75, 3.05) is 26.3 Å². The van der Waals surface area contributed by atoms with Crippen LogP contribution >= 0.6 is 0 Å². The van der Waals surface area contributed by atoms with Crippen LogP contribution in [0.25, 0.3) is 0 Å². The van der Waals surface area contributed by atoms with Crippen LogP contribution in [0, 0.1) is 0 Å². The summed E-state index contributed by atoms with van der Waals surface area (Å²) in [6.45, 7) is 1.98. The Morgan fingerprint density at radius 2 is 1.58 bits per heavy atom. The Bertz CT molecular complexity index is 794. The van der Waals surface area contributed by atoms with Crippen molar-refractivity contribution in [2.45, 2.75) is 11.3 Å². The van der Waals surface area contributed by atoms with Gasteiger partial charge in [0.15, 0.2) is 0 Å². The number of morpholine rings is 1. The van der Waals surface area contributed by atoms with Crippen LogP contribution < -0.4 is 0 Å². The van der Waals surface area contributed by atoms with Crippen molar-refractivity contribution in [2.24, 2.45) is 4.36 Å². The summed E-state index contributed by atoms with van der Waals surface area (Å²) in [5.41, 5.74) is 0.864. The predicted octanol–water partition coefficient (Wildman–Crippen LogP) is 2.53. The molecule has 24 heavy (non-hydrogen) atoms. The molecular formula is C18H20N2O3S. The number of rotatable bonds is 4. The van der Waals surface area contributed by atoms with Gasteiger partial charge >= 0.3 is 0 Å². The molecule has 1 fully saturated rings. The first-order chi connectivity index (χ1) is 11.7. The van der Waals surface area contributed by atoms with Gasteiger partial charge in [0.1, 0.15) is 9.92 Å².